The fraction of sp³-hybridized carbons (Fsp3) is 0.129. The van der Waals surface area contributed by atoms with E-state index in [2.05, 4.69) is 15.6 Å². The first kappa shape index (κ1) is 26.4. The molecule has 0 bridgehead atoms. The maximum absolute atomic E-state index is 14.1. The summed E-state index contributed by atoms with van der Waals surface area (Å²) in [6.45, 7) is 1.42. The molecular weight excluding hydrogens is 509 g/mol. The molecule has 0 spiro atoms. The van der Waals surface area contributed by atoms with Crippen molar-refractivity contribution < 1.29 is 18.8 Å². The second-order valence-electron chi connectivity index (χ2n) is 9.26. The van der Waals surface area contributed by atoms with E-state index in [1.54, 1.807) is 36.4 Å². The van der Waals surface area contributed by atoms with Crippen molar-refractivity contribution in [1.29, 1.82) is 0 Å². The summed E-state index contributed by atoms with van der Waals surface area (Å²) in [4.78, 5) is 41.5. The van der Waals surface area contributed by atoms with Gasteiger partial charge in [-0.2, -0.15) is 0 Å². The summed E-state index contributed by atoms with van der Waals surface area (Å²) in [7, 11) is 0. The fourth-order valence-electron chi connectivity index (χ4n) is 4.49. The van der Waals surface area contributed by atoms with Gasteiger partial charge in [0.05, 0.1) is 5.52 Å². The van der Waals surface area contributed by atoms with Gasteiger partial charge in [-0.05, 0) is 54.4 Å². The van der Waals surface area contributed by atoms with E-state index in [0.717, 1.165) is 5.56 Å². The lowest BCUT2D eigenvalue weighted by Gasteiger charge is -2.32. The minimum atomic E-state index is -1.17. The molecule has 0 aliphatic carbocycles. The zero-order valence-corrected chi connectivity index (χ0v) is 21.7. The molecule has 0 unspecified atom stereocenters. The Morgan fingerprint density at radius 2 is 1.62 bits per heavy atom. The number of anilines is 1. The number of fused-ring (bicyclic) bond motifs is 1. The van der Waals surface area contributed by atoms with Gasteiger partial charge in [-0.25, -0.2) is 9.07 Å². The van der Waals surface area contributed by atoms with E-state index in [9.17, 15) is 18.8 Å². The Bertz CT molecular complexity index is 1670. The van der Waals surface area contributed by atoms with E-state index >= 15 is 0 Å². The van der Waals surface area contributed by atoms with E-state index in [1.807, 2.05) is 42.5 Å². The number of nitrogens with one attached hydrogen (secondary N) is 1. The van der Waals surface area contributed by atoms with Gasteiger partial charge in [-0.15, -0.1) is 5.10 Å². The Kier molecular flexibility index (Phi) is 7.72. The molecule has 5 aromatic rings. The van der Waals surface area contributed by atoms with Crippen LogP contribution in [-0.2, 0) is 22.7 Å². The van der Waals surface area contributed by atoms with Crippen LogP contribution >= 0.6 is 0 Å². The topological polar surface area (TPSA) is 97.2 Å². The third-order valence-electron chi connectivity index (χ3n) is 6.51. The van der Waals surface area contributed by atoms with Crippen molar-refractivity contribution in [3.05, 3.63) is 126 Å². The van der Waals surface area contributed by atoms with Crippen LogP contribution < -0.4 is 10.2 Å². The number of carbonyl (C=O) groups excluding carboxylic acids is 3. The van der Waals surface area contributed by atoms with Gasteiger partial charge in [0.2, 0.25) is 11.8 Å². The van der Waals surface area contributed by atoms with Gasteiger partial charge in [-0.1, -0.05) is 71.9 Å². The molecule has 40 heavy (non-hydrogen) atoms. The molecule has 9 heteroatoms. The Balaban J connectivity index is 1.58. The maximum Gasteiger partial charge on any atom is 0.249 e. The number of para-hydroxylation sites is 1. The molecule has 0 radical (unpaired) electrons. The van der Waals surface area contributed by atoms with Crippen molar-refractivity contribution in [2.45, 2.75) is 26.1 Å². The molecule has 1 N–H and O–H groups in total. The third kappa shape index (κ3) is 5.78. The minimum Gasteiger partial charge on any atom is -0.350 e. The van der Waals surface area contributed by atoms with Crippen LogP contribution in [0, 0.1) is 5.82 Å². The van der Waals surface area contributed by atoms with Gasteiger partial charge in [0, 0.05) is 17.8 Å². The molecule has 8 nitrogen and oxygen atoms in total. The predicted octanol–water partition coefficient (Wildman–Crippen LogP) is 4.86. The summed E-state index contributed by atoms with van der Waals surface area (Å²) in [6.07, 6.45) is 0. The minimum absolute atomic E-state index is 0.191. The number of aromatic nitrogens is 3. The van der Waals surface area contributed by atoms with Crippen molar-refractivity contribution in [1.82, 2.24) is 20.3 Å². The second kappa shape index (κ2) is 11.7. The van der Waals surface area contributed by atoms with Crippen molar-refractivity contribution in [2.24, 2.45) is 0 Å². The Labute approximate surface area is 230 Å². The average Bonchev–Trinajstić information content (AvgIpc) is 3.38. The molecule has 200 valence electrons. The number of halogens is 1. The smallest absolute Gasteiger partial charge is 0.249 e. The lowest BCUT2D eigenvalue weighted by atomic mass is 10.0. The van der Waals surface area contributed by atoms with Crippen LogP contribution in [0.15, 0.2) is 103 Å². The number of ketones is 1. The SMILES string of the molecule is CC(=O)c1cccc(N(C(=O)Cn2nnc3ccccc32)[C@H](C(=O)NCc2ccccc2)c2ccc(F)cc2)c1. The molecule has 4 aromatic carbocycles. The average molecular weight is 536 g/mol. The number of amides is 2. The molecule has 0 fully saturated rings. The molecule has 2 amide bonds. The second-order valence-corrected chi connectivity index (χ2v) is 9.26. The molecule has 1 atom stereocenters. The van der Waals surface area contributed by atoms with Crippen molar-refractivity contribution in [2.75, 3.05) is 4.90 Å². The van der Waals surface area contributed by atoms with Gasteiger partial charge in [0.15, 0.2) is 5.78 Å². The fourth-order valence-corrected chi connectivity index (χ4v) is 4.49. The summed E-state index contributed by atoms with van der Waals surface area (Å²) in [5, 5.41) is 11.2. The molecule has 5 rings (SSSR count). The quantitative estimate of drug-likeness (QED) is 0.272. The Morgan fingerprint density at radius 3 is 2.38 bits per heavy atom. The van der Waals surface area contributed by atoms with Crippen LogP contribution in [0.4, 0.5) is 10.1 Å². The van der Waals surface area contributed by atoms with Crippen LogP contribution in [0.3, 0.4) is 0 Å². The van der Waals surface area contributed by atoms with Gasteiger partial charge >= 0.3 is 0 Å². The molecule has 0 aliphatic rings. The first-order valence-electron chi connectivity index (χ1n) is 12.7. The van der Waals surface area contributed by atoms with Gasteiger partial charge in [0.1, 0.15) is 23.9 Å². The van der Waals surface area contributed by atoms with E-state index in [1.165, 1.54) is 40.8 Å². The number of nitrogens with zero attached hydrogens (tertiary/aromatic N) is 4. The number of hydrogen-bond acceptors (Lipinski definition) is 5. The number of carbonyl (C=O) groups is 3. The highest BCUT2D eigenvalue weighted by molar-refractivity contribution is 6.03. The van der Waals surface area contributed by atoms with Gasteiger partial charge < -0.3 is 5.32 Å². The number of rotatable bonds is 9. The largest absolute Gasteiger partial charge is 0.350 e. The first-order chi connectivity index (χ1) is 19.4. The van der Waals surface area contributed by atoms with E-state index in [0.29, 0.717) is 27.8 Å². The standard InChI is InChI=1S/C31H26FN5O3/c1-21(38)24-10-7-11-26(18-24)37(29(39)20-36-28-13-6-5-12-27(28)34-35-36)30(23-14-16-25(32)17-15-23)31(40)33-19-22-8-3-2-4-9-22/h2-18,30H,19-20H2,1H3,(H,33,40)/t30-/m0/s1. The molecule has 1 aromatic heterocycles. The number of hydrogen-bond donors (Lipinski definition) is 1. The zero-order chi connectivity index (χ0) is 28.1. The molecule has 0 saturated heterocycles. The molecule has 0 aliphatic heterocycles. The summed E-state index contributed by atoms with van der Waals surface area (Å²) in [6, 6.07) is 27.4. The summed E-state index contributed by atoms with van der Waals surface area (Å²) >= 11 is 0. The Morgan fingerprint density at radius 1 is 0.900 bits per heavy atom. The molecule has 0 saturated carbocycles. The zero-order valence-electron chi connectivity index (χ0n) is 21.7. The van der Waals surface area contributed by atoms with Crippen molar-refractivity contribution in [3.63, 3.8) is 0 Å². The summed E-state index contributed by atoms with van der Waals surface area (Å²) in [5.41, 5.74) is 3.27. The lowest BCUT2D eigenvalue weighted by molar-refractivity contribution is -0.127. The van der Waals surface area contributed by atoms with Crippen LogP contribution in [0.1, 0.15) is 34.5 Å². The first-order valence-corrected chi connectivity index (χ1v) is 12.7. The summed E-state index contributed by atoms with van der Waals surface area (Å²) < 4.78 is 15.4. The van der Waals surface area contributed by atoms with Crippen molar-refractivity contribution >= 4 is 34.3 Å². The highest BCUT2D eigenvalue weighted by atomic mass is 19.1. The van der Waals surface area contributed by atoms with E-state index in [4.69, 9.17) is 0 Å². The monoisotopic (exact) mass is 535 g/mol. The summed E-state index contributed by atoms with van der Waals surface area (Å²) in [5.74, 6) is -1.61. The molecular formula is C31H26FN5O3. The van der Waals surface area contributed by atoms with E-state index in [-0.39, 0.29) is 18.9 Å². The maximum atomic E-state index is 14.1. The normalized spacial score (nSPS) is 11.7. The highest BCUT2D eigenvalue weighted by Gasteiger charge is 2.33. The highest BCUT2D eigenvalue weighted by Crippen LogP contribution is 2.30. The van der Waals surface area contributed by atoms with Crippen LogP contribution in [0.2, 0.25) is 0 Å². The van der Waals surface area contributed by atoms with Crippen LogP contribution in [0.25, 0.3) is 11.0 Å². The number of Topliss-reactive ketones (excluding diaryl/α,β-unsaturated/α-hetero) is 1. The van der Waals surface area contributed by atoms with Crippen molar-refractivity contribution in [3.8, 4) is 0 Å². The van der Waals surface area contributed by atoms with Gasteiger partial charge in [-0.3, -0.25) is 19.3 Å². The van der Waals surface area contributed by atoms with Gasteiger partial charge in [0.25, 0.3) is 0 Å². The Hall–Kier alpha value is -5.18. The van der Waals surface area contributed by atoms with E-state index < -0.39 is 23.7 Å². The lowest BCUT2D eigenvalue weighted by Crippen LogP contribution is -2.45. The third-order valence-corrected chi connectivity index (χ3v) is 6.51. The van der Waals surface area contributed by atoms with Crippen LogP contribution in [-0.4, -0.2) is 32.6 Å². The van der Waals surface area contributed by atoms with Crippen LogP contribution in [0.5, 0.6) is 0 Å². The number of benzene rings is 4. The predicted molar refractivity (Wildman–Crippen MR) is 149 cm³/mol. The molecule has 1 heterocycles.